The van der Waals surface area contributed by atoms with Crippen LogP contribution in [0.1, 0.15) is 11.8 Å². The van der Waals surface area contributed by atoms with E-state index in [0.717, 1.165) is 0 Å². The van der Waals surface area contributed by atoms with Crippen LogP contribution in [0.5, 0.6) is 0 Å². The van der Waals surface area contributed by atoms with Crippen molar-refractivity contribution in [3.8, 4) is 0 Å². The van der Waals surface area contributed by atoms with E-state index in [9.17, 15) is 0 Å². The van der Waals surface area contributed by atoms with Crippen molar-refractivity contribution < 1.29 is 0 Å². The molecular weight excluding hydrogens is 244 g/mol. The third-order valence-corrected chi connectivity index (χ3v) is 4.62. The van der Waals surface area contributed by atoms with Crippen molar-refractivity contribution in [2.75, 3.05) is 0 Å². The fourth-order valence-electron chi connectivity index (χ4n) is 1.86. The fourth-order valence-corrected chi connectivity index (χ4v) is 3.69. The van der Waals surface area contributed by atoms with Crippen LogP contribution < -0.4 is 0 Å². The van der Waals surface area contributed by atoms with Gasteiger partial charge in [-0.05, 0) is 53.4 Å². The summed E-state index contributed by atoms with van der Waals surface area (Å²) in [6.07, 6.45) is 8.36. The van der Waals surface area contributed by atoms with Gasteiger partial charge in [-0.1, -0.05) is 18.2 Å². The highest BCUT2D eigenvalue weighted by molar-refractivity contribution is 7.20. The van der Waals surface area contributed by atoms with Gasteiger partial charge in [-0.25, -0.2) is 0 Å². The molecule has 0 saturated heterocycles. The Morgan fingerprint density at radius 3 is 2.76 bits per heavy atom. The Bertz CT molecular complexity index is 663. The number of allylic oxidation sites excluding steroid dienone is 3. The summed E-state index contributed by atoms with van der Waals surface area (Å²) in [4.78, 5) is 1.32. The van der Waals surface area contributed by atoms with E-state index in [1.807, 2.05) is 35.7 Å². The normalized spacial score (nSPS) is 12.5. The first-order valence-corrected chi connectivity index (χ1v) is 7.26. The van der Waals surface area contributed by atoms with Crippen molar-refractivity contribution >= 4 is 48.9 Å². The van der Waals surface area contributed by atoms with Gasteiger partial charge in [-0.15, -0.1) is 22.7 Å². The summed E-state index contributed by atoms with van der Waals surface area (Å²) in [7, 11) is 0. The second-order valence-corrected chi connectivity index (χ2v) is 5.95. The monoisotopic (exact) mass is 256 g/mol. The average molecular weight is 256 g/mol. The lowest BCUT2D eigenvalue weighted by molar-refractivity contribution is 1.74. The number of rotatable bonds is 2. The standard InChI is InChI=1S/C15H12S2/c1-2-3-4-5-13-8-12-10-14-11(6-7-16-14)9-15(12)17-13/h2-10H,1H3/b3-2+,5-4+. The zero-order valence-corrected chi connectivity index (χ0v) is 11.1. The SMILES string of the molecule is C/C=C/C=C/c1cc2cc3sccc3cc2s1. The number of thiophene rings is 2. The highest BCUT2D eigenvalue weighted by Crippen LogP contribution is 2.32. The molecule has 0 saturated carbocycles. The second-order valence-electron chi connectivity index (χ2n) is 3.88. The number of hydrogen-bond donors (Lipinski definition) is 0. The minimum absolute atomic E-state index is 1.32. The first-order chi connectivity index (χ1) is 8.36. The van der Waals surface area contributed by atoms with Crippen LogP contribution in [0.3, 0.4) is 0 Å². The quantitative estimate of drug-likeness (QED) is 0.515. The summed E-state index contributed by atoms with van der Waals surface area (Å²) in [5.74, 6) is 0. The van der Waals surface area contributed by atoms with Gasteiger partial charge in [0.05, 0.1) is 0 Å². The maximum atomic E-state index is 2.29. The van der Waals surface area contributed by atoms with E-state index in [1.54, 1.807) is 0 Å². The third kappa shape index (κ3) is 2.06. The van der Waals surface area contributed by atoms with Crippen LogP contribution >= 0.6 is 22.7 Å². The molecular formula is C15H12S2. The Labute approximate surface area is 109 Å². The van der Waals surface area contributed by atoms with Gasteiger partial charge < -0.3 is 0 Å². The molecule has 0 bridgehead atoms. The second kappa shape index (κ2) is 4.47. The lowest BCUT2D eigenvalue weighted by atomic mass is 10.2. The first kappa shape index (κ1) is 10.8. The minimum atomic E-state index is 1.32. The summed E-state index contributed by atoms with van der Waals surface area (Å²) in [5, 5.41) is 4.86. The summed E-state index contributed by atoms with van der Waals surface area (Å²) in [5.41, 5.74) is 0. The van der Waals surface area contributed by atoms with Crippen molar-refractivity contribution in [1.29, 1.82) is 0 Å². The van der Waals surface area contributed by atoms with Gasteiger partial charge in [0, 0.05) is 14.3 Å². The molecule has 17 heavy (non-hydrogen) atoms. The van der Waals surface area contributed by atoms with E-state index in [4.69, 9.17) is 0 Å². The topological polar surface area (TPSA) is 0 Å². The zero-order valence-electron chi connectivity index (χ0n) is 9.51. The molecule has 0 fully saturated rings. The Morgan fingerprint density at radius 1 is 1.00 bits per heavy atom. The Kier molecular flexibility index (Phi) is 2.83. The molecule has 0 amide bonds. The molecule has 0 unspecified atom stereocenters. The summed E-state index contributed by atoms with van der Waals surface area (Å²) < 4.78 is 2.75. The smallest absolute Gasteiger partial charge is 0.0356 e. The van der Waals surface area contributed by atoms with Crippen LogP contribution in [0.4, 0.5) is 0 Å². The van der Waals surface area contributed by atoms with Crippen molar-refractivity contribution in [3.63, 3.8) is 0 Å². The van der Waals surface area contributed by atoms with Crippen LogP contribution in [0.2, 0.25) is 0 Å². The Balaban J connectivity index is 2.11. The van der Waals surface area contributed by atoms with Crippen LogP contribution in [0, 0.1) is 0 Å². The molecule has 2 heterocycles. The predicted octanol–water partition coefficient (Wildman–Crippen LogP) is 5.71. The molecule has 0 aliphatic heterocycles. The fraction of sp³-hybridized carbons (Fsp3) is 0.0667. The first-order valence-electron chi connectivity index (χ1n) is 5.57. The van der Waals surface area contributed by atoms with Crippen molar-refractivity contribution in [2.24, 2.45) is 0 Å². The van der Waals surface area contributed by atoms with Gasteiger partial charge >= 0.3 is 0 Å². The highest BCUT2D eigenvalue weighted by atomic mass is 32.1. The van der Waals surface area contributed by atoms with Crippen molar-refractivity contribution in [1.82, 2.24) is 0 Å². The molecule has 0 atom stereocenters. The summed E-state index contributed by atoms with van der Waals surface area (Å²) >= 11 is 3.66. The molecule has 3 rings (SSSR count). The maximum Gasteiger partial charge on any atom is 0.0356 e. The molecule has 0 N–H and O–H groups in total. The zero-order chi connectivity index (χ0) is 11.7. The van der Waals surface area contributed by atoms with E-state index in [2.05, 4.69) is 47.9 Å². The van der Waals surface area contributed by atoms with Crippen LogP contribution in [0.25, 0.3) is 26.2 Å². The van der Waals surface area contributed by atoms with Crippen LogP contribution in [-0.2, 0) is 0 Å². The maximum absolute atomic E-state index is 2.29. The van der Waals surface area contributed by atoms with Crippen LogP contribution in [0.15, 0.2) is 47.9 Å². The van der Waals surface area contributed by atoms with E-state index in [-0.39, 0.29) is 0 Å². The van der Waals surface area contributed by atoms with E-state index in [1.165, 1.54) is 25.0 Å². The Hall–Kier alpha value is -1.38. The molecule has 3 aromatic rings. The number of benzene rings is 1. The van der Waals surface area contributed by atoms with Gasteiger partial charge in [0.1, 0.15) is 0 Å². The van der Waals surface area contributed by atoms with Gasteiger partial charge in [0.15, 0.2) is 0 Å². The van der Waals surface area contributed by atoms with E-state index in [0.29, 0.717) is 0 Å². The molecule has 0 spiro atoms. The largest absolute Gasteiger partial charge is 0.144 e. The number of hydrogen-bond acceptors (Lipinski definition) is 2. The van der Waals surface area contributed by atoms with Crippen molar-refractivity contribution in [2.45, 2.75) is 6.92 Å². The molecule has 0 aliphatic rings. The average Bonchev–Trinajstić information content (AvgIpc) is 2.90. The van der Waals surface area contributed by atoms with E-state index < -0.39 is 0 Å². The number of fused-ring (bicyclic) bond motifs is 2. The van der Waals surface area contributed by atoms with Gasteiger partial charge in [-0.3, -0.25) is 0 Å². The Morgan fingerprint density at radius 2 is 1.88 bits per heavy atom. The van der Waals surface area contributed by atoms with Gasteiger partial charge in [-0.2, -0.15) is 0 Å². The third-order valence-electron chi connectivity index (χ3n) is 2.67. The minimum Gasteiger partial charge on any atom is -0.144 e. The predicted molar refractivity (Wildman–Crippen MR) is 81.1 cm³/mol. The summed E-state index contributed by atoms with van der Waals surface area (Å²) in [6, 6.07) is 9.03. The van der Waals surface area contributed by atoms with E-state index >= 15 is 0 Å². The lowest BCUT2D eigenvalue weighted by Gasteiger charge is -1.89. The molecule has 1 aromatic carbocycles. The molecule has 0 radical (unpaired) electrons. The summed E-state index contributed by atoms with van der Waals surface area (Å²) in [6.45, 7) is 2.03. The molecule has 0 aliphatic carbocycles. The van der Waals surface area contributed by atoms with Gasteiger partial charge in [0.2, 0.25) is 0 Å². The van der Waals surface area contributed by atoms with Crippen molar-refractivity contribution in [3.05, 3.63) is 52.8 Å². The van der Waals surface area contributed by atoms with Crippen LogP contribution in [-0.4, -0.2) is 0 Å². The molecule has 0 nitrogen and oxygen atoms in total. The molecule has 2 heteroatoms. The highest BCUT2D eigenvalue weighted by Gasteiger charge is 2.02. The molecule has 84 valence electrons. The lowest BCUT2D eigenvalue weighted by Crippen LogP contribution is -1.62. The van der Waals surface area contributed by atoms with Gasteiger partial charge in [0.25, 0.3) is 0 Å². The molecule has 2 aromatic heterocycles.